The Labute approximate surface area is 119 Å². The Balaban J connectivity index is 2.07. The highest BCUT2D eigenvalue weighted by molar-refractivity contribution is 5.79. The van der Waals surface area contributed by atoms with Crippen LogP contribution in [0.3, 0.4) is 0 Å². The fraction of sp³-hybridized carbons (Fsp3) is 0.533. The molecule has 1 amide bonds. The maximum atomic E-state index is 12.1. The van der Waals surface area contributed by atoms with Gasteiger partial charge >= 0.3 is 0 Å². The second-order valence-corrected chi connectivity index (χ2v) is 4.90. The number of rotatable bonds is 5. The predicted octanol–water partition coefficient (Wildman–Crippen LogP) is 1.92. The molecule has 2 unspecified atom stereocenters. The highest BCUT2D eigenvalue weighted by atomic mass is 16.5. The van der Waals surface area contributed by atoms with Crippen LogP contribution in [0.2, 0.25) is 0 Å². The third kappa shape index (κ3) is 3.22. The Bertz CT molecular complexity index is 469. The summed E-state index contributed by atoms with van der Waals surface area (Å²) in [6.07, 6.45) is 0.790. The lowest BCUT2D eigenvalue weighted by atomic mass is 10.0. The first-order valence-corrected chi connectivity index (χ1v) is 6.75. The van der Waals surface area contributed by atoms with E-state index >= 15 is 0 Å². The van der Waals surface area contributed by atoms with E-state index in [1.54, 1.807) is 14.2 Å². The van der Waals surface area contributed by atoms with Crippen LogP contribution in [0.15, 0.2) is 18.2 Å². The van der Waals surface area contributed by atoms with Crippen molar-refractivity contribution in [2.75, 3.05) is 27.4 Å². The molecule has 1 aromatic carbocycles. The molecule has 2 atom stereocenters. The van der Waals surface area contributed by atoms with Crippen molar-refractivity contribution in [3.8, 4) is 11.5 Å². The zero-order valence-electron chi connectivity index (χ0n) is 12.1. The predicted molar refractivity (Wildman–Crippen MR) is 75.0 cm³/mol. The lowest BCUT2D eigenvalue weighted by molar-refractivity contribution is -0.125. The van der Waals surface area contributed by atoms with Crippen LogP contribution in [0.5, 0.6) is 11.5 Å². The van der Waals surface area contributed by atoms with Crippen LogP contribution in [0.25, 0.3) is 0 Å². The number of methoxy groups -OCH3 is 2. The summed E-state index contributed by atoms with van der Waals surface area (Å²) < 4.78 is 15.8. The summed E-state index contributed by atoms with van der Waals surface area (Å²) in [5.74, 6) is 1.43. The van der Waals surface area contributed by atoms with E-state index in [0.29, 0.717) is 19.0 Å². The second kappa shape index (κ2) is 6.61. The number of amides is 1. The summed E-state index contributed by atoms with van der Waals surface area (Å²) in [6.45, 7) is 3.12. The summed E-state index contributed by atoms with van der Waals surface area (Å²) in [6, 6.07) is 5.47. The molecular weight excluding hydrogens is 258 g/mol. The van der Waals surface area contributed by atoms with Gasteiger partial charge in [-0.3, -0.25) is 4.79 Å². The smallest absolute Gasteiger partial charge is 0.226 e. The van der Waals surface area contributed by atoms with E-state index in [4.69, 9.17) is 14.2 Å². The summed E-state index contributed by atoms with van der Waals surface area (Å²) in [5, 5.41) is 3.01. The molecule has 110 valence electrons. The van der Waals surface area contributed by atoms with Crippen LogP contribution >= 0.6 is 0 Å². The van der Waals surface area contributed by atoms with Crippen molar-refractivity contribution in [2.24, 2.45) is 5.92 Å². The van der Waals surface area contributed by atoms with Gasteiger partial charge in [-0.15, -0.1) is 0 Å². The van der Waals surface area contributed by atoms with E-state index in [2.05, 4.69) is 5.32 Å². The molecule has 1 fully saturated rings. The Morgan fingerprint density at radius 1 is 1.40 bits per heavy atom. The molecule has 1 saturated heterocycles. The fourth-order valence-corrected chi connectivity index (χ4v) is 2.33. The van der Waals surface area contributed by atoms with Crippen LogP contribution in [-0.4, -0.2) is 33.3 Å². The molecule has 0 bridgehead atoms. The molecule has 0 aromatic heterocycles. The summed E-state index contributed by atoms with van der Waals surface area (Å²) >= 11 is 0. The van der Waals surface area contributed by atoms with Crippen molar-refractivity contribution in [3.05, 3.63) is 23.8 Å². The molecular formula is C15H21NO4. The third-order valence-corrected chi connectivity index (χ3v) is 3.57. The zero-order chi connectivity index (χ0) is 14.5. The van der Waals surface area contributed by atoms with Gasteiger partial charge in [-0.05, 0) is 25.5 Å². The van der Waals surface area contributed by atoms with Gasteiger partial charge in [0.15, 0.2) is 0 Å². The highest BCUT2D eigenvalue weighted by Crippen LogP contribution is 2.29. The number of ether oxygens (including phenoxy) is 3. The molecule has 0 spiro atoms. The van der Waals surface area contributed by atoms with Crippen molar-refractivity contribution in [1.29, 1.82) is 0 Å². The molecule has 1 aliphatic rings. The van der Waals surface area contributed by atoms with Crippen LogP contribution in [0.4, 0.5) is 0 Å². The summed E-state index contributed by atoms with van der Waals surface area (Å²) in [7, 11) is 3.22. The van der Waals surface area contributed by atoms with Crippen molar-refractivity contribution in [1.82, 2.24) is 5.32 Å². The van der Waals surface area contributed by atoms with Crippen LogP contribution in [0.1, 0.15) is 24.9 Å². The van der Waals surface area contributed by atoms with Crippen LogP contribution < -0.4 is 14.8 Å². The highest BCUT2D eigenvalue weighted by Gasteiger charge is 2.25. The summed E-state index contributed by atoms with van der Waals surface area (Å²) in [4.78, 5) is 12.1. The van der Waals surface area contributed by atoms with Gasteiger partial charge in [0.1, 0.15) is 11.5 Å². The number of carbonyl (C=O) groups is 1. The average Bonchev–Trinajstić information content (AvgIpc) is 3.00. The van der Waals surface area contributed by atoms with Gasteiger partial charge in [0.2, 0.25) is 5.91 Å². The molecule has 0 aliphatic carbocycles. The van der Waals surface area contributed by atoms with Crippen molar-refractivity contribution in [2.45, 2.75) is 19.4 Å². The maximum Gasteiger partial charge on any atom is 0.226 e. The Hall–Kier alpha value is -1.75. The monoisotopic (exact) mass is 279 g/mol. The van der Waals surface area contributed by atoms with E-state index in [1.807, 2.05) is 25.1 Å². The van der Waals surface area contributed by atoms with Crippen molar-refractivity contribution >= 4 is 5.91 Å². The quantitative estimate of drug-likeness (QED) is 0.894. The minimum absolute atomic E-state index is 0.0351. The lowest BCUT2D eigenvalue weighted by Crippen LogP contribution is -2.33. The zero-order valence-corrected chi connectivity index (χ0v) is 12.1. The van der Waals surface area contributed by atoms with E-state index in [1.165, 1.54) is 0 Å². The topological polar surface area (TPSA) is 56.8 Å². The molecule has 2 rings (SSSR count). The second-order valence-electron chi connectivity index (χ2n) is 4.90. The van der Waals surface area contributed by atoms with Gasteiger partial charge < -0.3 is 19.5 Å². The Morgan fingerprint density at radius 2 is 2.20 bits per heavy atom. The molecule has 0 saturated carbocycles. The van der Waals surface area contributed by atoms with Crippen molar-refractivity contribution in [3.63, 3.8) is 0 Å². The molecule has 1 heterocycles. The molecule has 1 aliphatic heterocycles. The standard InChI is InChI=1S/C15H21NO4/c1-10(16-15(17)11-6-7-20-9-11)13-5-4-12(18-2)8-14(13)19-3/h4-5,8,10-11H,6-7,9H2,1-3H3,(H,16,17). The number of benzene rings is 1. The molecule has 0 radical (unpaired) electrons. The SMILES string of the molecule is COc1ccc(C(C)NC(=O)C2CCOC2)c(OC)c1. The van der Waals surface area contributed by atoms with E-state index in [-0.39, 0.29) is 17.9 Å². The van der Waals surface area contributed by atoms with Gasteiger partial charge in [-0.25, -0.2) is 0 Å². The van der Waals surface area contributed by atoms with Gasteiger partial charge in [0.25, 0.3) is 0 Å². The number of nitrogens with one attached hydrogen (secondary N) is 1. The van der Waals surface area contributed by atoms with Gasteiger partial charge in [0.05, 0.1) is 32.8 Å². The van der Waals surface area contributed by atoms with Gasteiger partial charge in [0, 0.05) is 18.2 Å². The van der Waals surface area contributed by atoms with Gasteiger partial charge in [-0.1, -0.05) is 0 Å². The van der Waals surface area contributed by atoms with Crippen LogP contribution in [0, 0.1) is 5.92 Å². The normalized spacial score (nSPS) is 19.4. The third-order valence-electron chi connectivity index (χ3n) is 3.57. The minimum Gasteiger partial charge on any atom is -0.497 e. The average molecular weight is 279 g/mol. The molecule has 20 heavy (non-hydrogen) atoms. The van der Waals surface area contributed by atoms with Gasteiger partial charge in [-0.2, -0.15) is 0 Å². The number of hydrogen-bond acceptors (Lipinski definition) is 4. The first-order chi connectivity index (χ1) is 9.65. The summed E-state index contributed by atoms with van der Waals surface area (Å²) in [5.41, 5.74) is 0.931. The Kier molecular flexibility index (Phi) is 4.84. The van der Waals surface area contributed by atoms with E-state index in [0.717, 1.165) is 17.7 Å². The van der Waals surface area contributed by atoms with Crippen molar-refractivity contribution < 1.29 is 19.0 Å². The Morgan fingerprint density at radius 3 is 2.80 bits per heavy atom. The fourth-order valence-electron chi connectivity index (χ4n) is 2.33. The molecule has 1 aromatic rings. The number of hydrogen-bond donors (Lipinski definition) is 1. The first-order valence-electron chi connectivity index (χ1n) is 6.75. The van der Waals surface area contributed by atoms with E-state index < -0.39 is 0 Å². The number of carbonyl (C=O) groups excluding carboxylic acids is 1. The largest absolute Gasteiger partial charge is 0.497 e. The lowest BCUT2D eigenvalue weighted by Gasteiger charge is -2.19. The minimum atomic E-state index is -0.121. The maximum absolute atomic E-state index is 12.1. The van der Waals surface area contributed by atoms with Crippen LogP contribution in [-0.2, 0) is 9.53 Å². The molecule has 5 heteroatoms. The molecule has 1 N–H and O–H groups in total. The molecule has 5 nitrogen and oxygen atoms in total. The van der Waals surface area contributed by atoms with E-state index in [9.17, 15) is 4.79 Å². The first kappa shape index (κ1) is 14.7.